The van der Waals surface area contributed by atoms with Crippen LogP contribution < -0.4 is 16.8 Å². The molecule has 9 heteroatoms. The molecule has 0 saturated carbocycles. The molecule has 0 spiro atoms. The second-order valence-electron chi connectivity index (χ2n) is 6.39. The Morgan fingerprint density at radius 3 is 3.00 bits per heavy atom. The van der Waals surface area contributed by atoms with E-state index in [1.54, 1.807) is 18.5 Å². The molecule has 126 valence electrons. The van der Waals surface area contributed by atoms with Gasteiger partial charge in [-0.15, -0.1) is 10.2 Å². The Bertz CT molecular complexity index is 756. The van der Waals surface area contributed by atoms with Crippen LogP contribution in [0.1, 0.15) is 31.5 Å². The lowest BCUT2D eigenvalue weighted by molar-refractivity contribution is 0.239. The molecule has 2 aliphatic heterocycles. The maximum atomic E-state index is 6.19. The van der Waals surface area contributed by atoms with E-state index in [4.69, 9.17) is 23.1 Å². The highest BCUT2D eigenvalue weighted by molar-refractivity contribution is 7.99. The zero-order chi connectivity index (χ0) is 16.7. The van der Waals surface area contributed by atoms with Crippen molar-refractivity contribution < 1.29 is 0 Å². The molecule has 2 aromatic heterocycles. The van der Waals surface area contributed by atoms with Crippen molar-refractivity contribution in [2.45, 2.75) is 53.2 Å². The molecular formula is C15H18ClN7S. The minimum Gasteiger partial charge on any atom is -0.382 e. The quantitative estimate of drug-likeness (QED) is 0.754. The monoisotopic (exact) mass is 363 g/mol. The SMILES string of the molecule is Nc1nccc(Sc2cnc(C34CCC(CC(N)C3)N4)nn2)c1Cl. The third-order valence-electron chi connectivity index (χ3n) is 4.66. The van der Waals surface area contributed by atoms with Gasteiger partial charge in [-0.25, -0.2) is 9.97 Å². The number of nitrogens with one attached hydrogen (secondary N) is 1. The summed E-state index contributed by atoms with van der Waals surface area (Å²) >= 11 is 7.53. The summed E-state index contributed by atoms with van der Waals surface area (Å²) in [4.78, 5) is 9.28. The minimum absolute atomic E-state index is 0.190. The maximum absolute atomic E-state index is 6.19. The van der Waals surface area contributed by atoms with Crippen molar-refractivity contribution >= 4 is 29.2 Å². The molecular weight excluding hydrogens is 346 g/mol. The van der Waals surface area contributed by atoms with Crippen molar-refractivity contribution in [1.82, 2.24) is 25.5 Å². The summed E-state index contributed by atoms with van der Waals surface area (Å²) in [5, 5.41) is 13.4. The number of piperidine rings is 1. The van der Waals surface area contributed by atoms with Gasteiger partial charge in [-0.05, 0) is 31.7 Å². The highest BCUT2D eigenvalue weighted by Gasteiger charge is 2.47. The molecule has 3 atom stereocenters. The van der Waals surface area contributed by atoms with Crippen LogP contribution in [0.15, 0.2) is 28.4 Å². The van der Waals surface area contributed by atoms with Crippen LogP contribution in [0.5, 0.6) is 0 Å². The van der Waals surface area contributed by atoms with Crippen molar-refractivity contribution in [2.75, 3.05) is 5.73 Å². The third-order valence-corrected chi connectivity index (χ3v) is 6.13. The van der Waals surface area contributed by atoms with E-state index in [-0.39, 0.29) is 11.6 Å². The van der Waals surface area contributed by atoms with Gasteiger partial charge in [-0.1, -0.05) is 23.4 Å². The van der Waals surface area contributed by atoms with Crippen LogP contribution in [0.2, 0.25) is 5.02 Å². The molecule has 2 fully saturated rings. The average Bonchev–Trinajstić information content (AvgIpc) is 2.88. The first kappa shape index (κ1) is 16.0. The Labute approximate surface area is 149 Å². The number of pyridine rings is 1. The highest BCUT2D eigenvalue weighted by Crippen LogP contribution is 2.41. The summed E-state index contributed by atoms with van der Waals surface area (Å²) in [6, 6.07) is 2.45. The fourth-order valence-corrected chi connectivity index (χ4v) is 4.58. The number of nitrogens with zero attached hydrogens (tertiary/aromatic N) is 4. The minimum atomic E-state index is -0.225. The number of nitrogen functional groups attached to an aromatic ring is 1. The second kappa shape index (κ2) is 6.11. The molecule has 3 unspecified atom stereocenters. The Kier molecular flexibility index (Phi) is 4.07. The number of halogens is 1. The van der Waals surface area contributed by atoms with E-state index in [1.165, 1.54) is 11.8 Å². The fraction of sp³-hybridized carbons (Fsp3) is 0.467. The molecule has 2 bridgehead atoms. The van der Waals surface area contributed by atoms with Crippen LogP contribution in [0.4, 0.5) is 5.82 Å². The van der Waals surface area contributed by atoms with E-state index < -0.39 is 0 Å². The molecule has 2 aliphatic rings. The standard InChI is InChI=1S/C15H18ClN7S/c16-12-10(2-4-19-13(12)18)24-11-7-20-14(23-22-11)15-3-1-9(21-15)5-8(17)6-15/h2,4,7-9,21H,1,3,5-6,17H2,(H2,18,19). The van der Waals surface area contributed by atoms with E-state index in [0.29, 0.717) is 21.9 Å². The number of rotatable bonds is 3. The number of aromatic nitrogens is 4. The summed E-state index contributed by atoms with van der Waals surface area (Å²) in [7, 11) is 0. The van der Waals surface area contributed by atoms with Gasteiger partial charge >= 0.3 is 0 Å². The van der Waals surface area contributed by atoms with Crippen LogP contribution >= 0.6 is 23.4 Å². The fourth-order valence-electron chi connectivity index (χ4n) is 3.62. The molecule has 2 saturated heterocycles. The van der Waals surface area contributed by atoms with Crippen LogP contribution in [0.3, 0.4) is 0 Å². The first-order valence-corrected chi connectivity index (χ1v) is 9.06. The van der Waals surface area contributed by atoms with E-state index in [2.05, 4.69) is 25.5 Å². The number of nitrogens with two attached hydrogens (primary N) is 2. The van der Waals surface area contributed by atoms with Gasteiger partial charge in [0.15, 0.2) is 5.82 Å². The van der Waals surface area contributed by atoms with Crippen molar-refractivity contribution in [3.63, 3.8) is 0 Å². The van der Waals surface area contributed by atoms with E-state index in [1.807, 2.05) is 0 Å². The topological polar surface area (TPSA) is 116 Å². The maximum Gasteiger partial charge on any atom is 0.171 e. The lowest BCUT2D eigenvalue weighted by Gasteiger charge is -2.36. The highest BCUT2D eigenvalue weighted by atomic mass is 35.5. The van der Waals surface area contributed by atoms with Crippen LogP contribution in [-0.2, 0) is 5.54 Å². The van der Waals surface area contributed by atoms with Crippen molar-refractivity contribution in [3.8, 4) is 0 Å². The largest absolute Gasteiger partial charge is 0.382 e. The molecule has 2 aromatic rings. The second-order valence-corrected chi connectivity index (χ2v) is 7.83. The molecule has 4 rings (SSSR count). The predicted octanol–water partition coefficient (Wildman–Crippen LogP) is 1.72. The Hall–Kier alpha value is -1.48. The lowest BCUT2D eigenvalue weighted by Crippen LogP contribution is -2.52. The summed E-state index contributed by atoms with van der Waals surface area (Å²) in [5.41, 5.74) is 11.7. The predicted molar refractivity (Wildman–Crippen MR) is 92.7 cm³/mol. The lowest BCUT2D eigenvalue weighted by atomic mass is 9.87. The number of hydrogen-bond acceptors (Lipinski definition) is 8. The number of fused-ring (bicyclic) bond motifs is 2. The van der Waals surface area contributed by atoms with Gasteiger partial charge in [-0.3, -0.25) is 0 Å². The van der Waals surface area contributed by atoms with E-state index >= 15 is 0 Å². The molecule has 0 amide bonds. The van der Waals surface area contributed by atoms with Gasteiger partial charge in [0.05, 0.1) is 16.8 Å². The summed E-state index contributed by atoms with van der Waals surface area (Å²) in [6.45, 7) is 0. The summed E-state index contributed by atoms with van der Waals surface area (Å²) in [5.74, 6) is 1.03. The van der Waals surface area contributed by atoms with Crippen molar-refractivity contribution in [1.29, 1.82) is 0 Å². The van der Waals surface area contributed by atoms with E-state index in [9.17, 15) is 0 Å². The first-order valence-electron chi connectivity index (χ1n) is 7.87. The first-order chi connectivity index (χ1) is 11.6. The van der Waals surface area contributed by atoms with Crippen molar-refractivity contribution in [2.24, 2.45) is 5.73 Å². The third kappa shape index (κ3) is 2.83. The smallest absolute Gasteiger partial charge is 0.171 e. The number of hydrogen-bond donors (Lipinski definition) is 3. The van der Waals surface area contributed by atoms with Gasteiger partial charge in [-0.2, -0.15) is 0 Å². The Morgan fingerprint density at radius 2 is 2.21 bits per heavy atom. The van der Waals surface area contributed by atoms with Gasteiger partial charge < -0.3 is 16.8 Å². The molecule has 4 heterocycles. The Balaban J connectivity index is 1.56. The van der Waals surface area contributed by atoms with Gasteiger partial charge in [0.2, 0.25) is 0 Å². The zero-order valence-electron chi connectivity index (χ0n) is 12.9. The molecule has 24 heavy (non-hydrogen) atoms. The summed E-state index contributed by atoms with van der Waals surface area (Å²) < 4.78 is 0. The zero-order valence-corrected chi connectivity index (χ0v) is 14.5. The Morgan fingerprint density at radius 1 is 1.33 bits per heavy atom. The molecule has 0 radical (unpaired) electrons. The number of anilines is 1. The molecule has 5 N–H and O–H groups in total. The van der Waals surface area contributed by atoms with Crippen LogP contribution in [0, 0.1) is 0 Å². The van der Waals surface area contributed by atoms with Gasteiger partial charge in [0.25, 0.3) is 0 Å². The molecule has 0 aromatic carbocycles. The van der Waals surface area contributed by atoms with Crippen LogP contribution in [-0.4, -0.2) is 32.2 Å². The van der Waals surface area contributed by atoms with Gasteiger partial charge in [0.1, 0.15) is 10.8 Å². The average molecular weight is 364 g/mol. The summed E-state index contributed by atoms with van der Waals surface area (Å²) in [6.07, 6.45) is 7.33. The molecule has 0 aliphatic carbocycles. The normalized spacial score (nSPS) is 28.9. The molecule has 7 nitrogen and oxygen atoms in total. The van der Waals surface area contributed by atoms with Gasteiger partial charge in [0, 0.05) is 23.2 Å². The van der Waals surface area contributed by atoms with Crippen molar-refractivity contribution in [3.05, 3.63) is 29.3 Å². The van der Waals surface area contributed by atoms with E-state index in [0.717, 1.165) is 36.4 Å². The van der Waals surface area contributed by atoms with Crippen LogP contribution in [0.25, 0.3) is 0 Å².